The van der Waals surface area contributed by atoms with Gasteiger partial charge >= 0.3 is 6.09 Å². The normalized spacial score (nSPS) is 40.9. The molecule has 2 fully saturated rings. The molecule has 2 atom stereocenters. The first kappa shape index (κ1) is 6.91. The number of nitrogens with one attached hydrogen (secondary N) is 2. The number of piperidine rings is 1. The molecule has 2 rings (SSSR count). The first-order valence-electron chi connectivity index (χ1n) is 3.95. The third-order valence-corrected chi connectivity index (χ3v) is 2.70. The SMILES string of the molecule is O=C(O)NC12CNCC[C@@H]1C2. The maximum Gasteiger partial charge on any atom is 0.405 e. The fourth-order valence-electron chi connectivity index (χ4n) is 1.97. The van der Waals surface area contributed by atoms with Crippen LogP contribution < -0.4 is 10.6 Å². The van der Waals surface area contributed by atoms with Crippen LogP contribution in [0.4, 0.5) is 4.79 Å². The van der Waals surface area contributed by atoms with E-state index in [1.54, 1.807) is 0 Å². The van der Waals surface area contributed by atoms with Crippen molar-refractivity contribution >= 4 is 6.09 Å². The summed E-state index contributed by atoms with van der Waals surface area (Å²) in [6, 6.07) is 0. The van der Waals surface area contributed by atoms with Crippen LogP contribution in [0.25, 0.3) is 0 Å². The van der Waals surface area contributed by atoms with Crippen LogP contribution in [0.5, 0.6) is 0 Å². The molecule has 1 amide bonds. The maximum atomic E-state index is 10.4. The second-order valence-electron chi connectivity index (χ2n) is 3.45. The smallest absolute Gasteiger partial charge is 0.405 e. The highest BCUT2D eigenvalue weighted by Crippen LogP contribution is 2.46. The third-order valence-electron chi connectivity index (χ3n) is 2.70. The molecule has 1 aliphatic carbocycles. The fourth-order valence-corrected chi connectivity index (χ4v) is 1.97. The minimum atomic E-state index is -0.892. The second-order valence-corrected chi connectivity index (χ2v) is 3.45. The highest BCUT2D eigenvalue weighted by Gasteiger charge is 2.56. The van der Waals surface area contributed by atoms with Crippen LogP contribution in [0.15, 0.2) is 0 Å². The van der Waals surface area contributed by atoms with Gasteiger partial charge in [0, 0.05) is 6.54 Å². The largest absolute Gasteiger partial charge is 0.465 e. The van der Waals surface area contributed by atoms with Crippen molar-refractivity contribution in [1.82, 2.24) is 10.6 Å². The van der Waals surface area contributed by atoms with E-state index in [1.165, 1.54) is 0 Å². The first-order valence-corrected chi connectivity index (χ1v) is 3.95. The minimum Gasteiger partial charge on any atom is -0.465 e. The molecule has 0 bridgehead atoms. The number of hydrogen-bond donors (Lipinski definition) is 3. The molecule has 4 nitrogen and oxygen atoms in total. The standard InChI is InChI=1S/C7H12N2O2/c10-6(11)9-7-3-5(7)1-2-8-4-7/h5,8-9H,1-4H2,(H,10,11)/t5-,7?/m1/s1. The summed E-state index contributed by atoms with van der Waals surface area (Å²) in [6.45, 7) is 1.84. The summed E-state index contributed by atoms with van der Waals surface area (Å²) in [5.41, 5.74) is -0.0932. The van der Waals surface area contributed by atoms with Gasteiger partial charge in [-0.1, -0.05) is 0 Å². The predicted octanol–water partition coefficient (Wildman–Crippen LogP) is 0.00600. The molecule has 62 valence electrons. The Hall–Kier alpha value is -0.770. The van der Waals surface area contributed by atoms with Gasteiger partial charge < -0.3 is 15.7 Å². The van der Waals surface area contributed by atoms with Gasteiger partial charge in [0.25, 0.3) is 0 Å². The van der Waals surface area contributed by atoms with Gasteiger partial charge in [-0.15, -0.1) is 0 Å². The Morgan fingerprint density at radius 1 is 1.73 bits per heavy atom. The molecule has 1 aliphatic heterocycles. The van der Waals surface area contributed by atoms with Crippen LogP contribution in [0, 0.1) is 5.92 Å². The summed E-state index contributed by atoms with van der Waals surface area (Å²) in [7, 11) is 0. The molecule has 3 N–H and O–H groups in total. The van der Waals surface area contributed by atoms with Gasteiger partial charge in [-0.2, -0.15) is 0 Å². The van der Waals surface area contributed by atoms with Gasteiger partial charge in [0.05, 0.1) is 5.54 Å². The number of carboxylic acid groups (broad SMARTS) is 1. The Labute approximate surface area is 65.0 Å². The monoisotopic (exact) mass is 156 g/mol. The van der Waals surface area contributed by atoms with E-state index >= 15 is 0 Å². The van der Waals surface area contributed by atoms with Crippen LogP contribution >= 0.6 is 0 Å². The van der Waals surface area contributed by atoms with E-state index < -0.39 is 6.09 Å². The summed E-state index contributed by atoms with van der Waals surface area (Å²) >= 11 is 0. The number of amides is 1. The lowest BCUT2D eigenvalue weighted by Crippen LogP contribution is -2.48. The van der Waals surface area contributed by atoms with Gasteiger partial charge in [0.1, 0.15) is 0 Å². The molecule has 0 aromatic rings. The van der Waals surface area contributed by atoms with E-state index in [1.807, 2.05) is 0 Å². The fraction of sp³-hybridized carbons (Fsp3) is 0.857. The van der Waals surface area contributed by atoms with Crippen LogP contribution in [-0.4, -0.2) is 29.8 Å². The number of rotatable bonds is 1. The Kier molecular flexibility index (Phi) is 1.32. The van der Waals surface area contributed by atoms with Gasteiger partial charge in [-0.05, 0) is 25.3 Å². The molecule has 4 heteroatoms. The topological polar surface area (TPSA) is 61.4 Å². The Morgan fingerprint density at radius 3 is 3.18 bits per heavy atom. The third kappa shape index (κ3) is 1.07. The van der Waals surface area contributed by atoms with E-state index in [2.05, 4.69) is 10.6 Å². The van der Waals surface area contributed by atoms with E-state index in [0.29, 0.717) is 5.92 Å². The van der Waals surface area contributed by atoms with Gasteiger partial charge in [-0.3, -0.25) is 0 Å². The molecule has 0 aromatic carbocycles. The van der Waals surface area contributed by atoms with Crippen LogP contribution in [0.2, 0.25) is 0 Å². The summed E-state index contributed by atoms with van der Waals surface area (Å²) in [4.78, 5) is 10.4. The minimum absolute atomic E-state index is 0.0932. The lowest BCUT2D eigenvalue weighted by molar-refractivity contribution is 0.185. The highest BCUT2D eigenvalue weighted by molar-refractivity contribution is 5.66. The molecule has 1 saturated heterocycles. The van der Waals surface area contributed by atoms with Crippen molar-refractivity contribution < 1.29 is 9.90 Å². The van der Waals surface area contributed by atoms with Crippen molar-refractivity contribution in [3.8, 4) is 0 Å². The molecule has 0 radical (unpaired) electrons. The lowest BCUT2D eigenvalue weighted by atomic mass is 10.1. The summed E-state index contributed by atoms with van der Waals surface area (Å²) in [5.74, 6) is 0.597. The highest BCUT2D eigenvalue weighted by atomic mass is 16.4. The van der Waals surface area contributed by atoms with Crippen molar-refractivity contribution in [2.75, 3.05) is 13.1 Å². The lowest BCUT2D eigenvalue weighted by Gasteiger charge is -2.22. The van der Waals surface area contributed by atoms with E-state index in [-0.39, 0.29) is 5.54 Å². The molecule has 1 unspecified atom stereocenters. The molecule has 1 heterocycles. The molecule has 0 spiro atoms. The van der Waals surface area contributed by atoms with E-state index in [9.17, 15) is 4.79 Å². The molecule has 11 heavy (non-hydrogen) atoms. The number of carbonyl (C=O) groups is 1. The van der Waals surface area contributed by atoms with Crippen molar-refractivity contribution in [3.63, 3.8) is 0 Å². The average Bonchev–Trinajstić information content (AvgIpc) is 2.59. The number of hydrogen-bond acceptors (Lipinski definition) is 2. The van der Waals surface area contributed by atoms with Crippen LogP contribution in [0.1, 0.15) is 12.8 Å². The molecule has 2 aliphatic rings. The van der Waals surface area contributed by atoms with E-state index in [4.69, 9.17) is 5.11 Å². The summed E-state index contributed by atoms with van der Waals surface area (Å²) < 4.78 is 0. The quantitative estimate of drug-likeness (QED) is 0.501. The second kappa shape index (κ2) is 2.11. The van der Waals surface area contributed by atoms with Gasteiger partial charge in [0.15, 0.2) is 0 Å². The Morgan fingerprint density at radius 2 is 2.55 bits per heavy atom. The van der Waals surface area contributed by atoms with E-state index in [0.717, 1.165) is 25.9 Å². The summed E-state index contributed by atoms with van der Waals surface area (Å²) in [6.07, 6.45) is 1.24. The molecular weight excluding hydrogens is 144 g/mol. The zero-order chi connectivity index (χ0) is 7.90. The average molecular weight is 156 g/mol. The van der Waals surface area contributed by atoms with Crippen LogP contribution in [0.3, 0.4) is 0 Å². The molecule has 0 aromatic heterocycles. The maximum absolute atomic E-state index is 10.4. The number of fused-ring (bicyclic) bond motifs is 1. The Bertz CT molecular complexity index is 195. The van der Waals surface area contributed by atoms with Crippen molar-refractivity contribution in [1.29, 1.82) is 0 Å². The molecule has 1 saturated carbocycles. The van der Waals surface area contributed by atoms with Crippen molar-refractivity contribution in [2.24, 2.45) is 5.92 Å². The molecular formula is C7H12N2O2. The predicted molar refractivity (Wildman–Crippen MR) is 39.5 cm³/mol. The van der Waals surface area contributed by atoms with Crippen LogP contribution in [-0.2, 0) is 0 Å². The Balaban J connectivity index is 1.96. The van der Waals surface area contributed by atoms with Gasteiger partial charge in [0.2, 0.25) is 0 Å². The summed E-state index contributed by atoms with van der Waals surface area (Å²) in [5, 5.41) is 14.3. The van der Waals surface area contributed by atoms with Crippen molar-refractivity contribution in [2.45, 2.75) is 18.4 Å². The first-order chi connectivity index (χ1) is 5.23. The van der Waals surface area contributed by atoms with Crippen molar-refractivity contribution in [3.05, 3.63) is 0 Å². The zero-order valence-electron chi connectivity index (χ0n) is 6.26. The van der Waals surface area contributed by atoms with Gasteiger partial charge in [-0.25, -0.2) is 4.79 Å². The zero-order valence-corrected chi connectivity index (χ0v) is 6.26.